The molecule has 0 amide bonds. The molecule has 2 aromatic heterocycles. The molecule has 0 aliphatic carbocycles. The molecule has 2 rings (SSSR count). The second-order valence-electron chi connectivity index (χ2n) is 3.93. The zero-order valence-electron chi connectivity index (χ0n) is 9.55. The van der Waals surface area contributed by atoms with Gasteiger partial charge >= 0.3 is 0 Å². The summed E-state index contributed by atoms with van der Waals surface area (Å²) >= 11 is 0. The van der Waals surface area contributed by atoms with Gasteiger partial charge in [-0.15, -0.1) is 0 Å². The zero-order chi connectivity index (χ0) is 11.5. The van der Waals surface area contributed by atoms with Gasteiger partial charge < -0.3 is 10.3 Å². The lowest BCUT2D eigenvalue weighted by atomic mass is 10.1. The van der Waals surface area contributed by atoms with E-state index in [0.29, 0.717) is 6.54 Å². The van der Waals surface area contributed by atoms with Crippen LogP contribution in [0.1, 0.15) is 36.3 Å². The minimum absolute atomic E-state index is 0.109. The summed E-state index contributed by atoms with van der Waals surface area (Å²) in [4.78, 5) is 0. The molecule has 0 saturated carbocycles. The Morgan fingerprint density at radius 3 is 2.94 bits per heavy atom. The highest BCUT2D eigenvalue weighted by Crippen LogP contribution is 2.14. The Morgan fingerprint density at radius 2 is 2.31 bits per heavy atom. The minimum atomic E-state index is 0.109. The summed E-state index contributed by atoms with van der Waals surface area (Å²) in [7, 11) is 0. The average Bonchev–Trinajstić information content (AvgIpc) is 2.89. The molecule has 0 bridgehead atoms. The van der Waals surface area contributed by atoms with Crippen molar-refractivity contribution in [1.29, 1.82) is 0 Å². The fraction of sp³-hybridized carbons (Fsp3) is 0.455. The Bertz CT molecular complexity index is 460. The van der Waals surface area contributed by atoms with E-state index in [2.05, 4.69) is 21.9 Å². The van der Waals surface area contributed by atoms with Gasteiger partial charge in [-0.2, -0.15) is 0 Å². The van der Waals surface area contributed by atoms with E-state index in [1.54, 1.807) is 0 Å². The molecule has 5 nitrogen and oxygen atoms in total. The number of aryl methyl sites for hydroxylation is 1. The lowest BCUT2D eigenvalue weighted by molar-refractivity contribution is 0.300. The van der Waals surface area contributed by atoms with Crippen LogP contribution in [-0.4, -0.2) is 14.9 Å². The van der Waals surface area contributed by atoms with E-state index in [1.165, 1.54) is 0 Å². The van der Waals surface area contributed by atoms with Crippen LogP contribution in [-0.2, 0) is 6.54 Å². The van der Waals surface area contributed by atoms with Crippen LogP contribution in [0.3, 0.4) is 0 Å². The summed E-state index contributed by atoms with van der Waals surface area (Å²) in [6.45, 7) is 4.63. The van der Waals surface area contributed by atoms with Crippen LogP contribution >= 0.6 is 0 Å². The van der Waals surface area contributed by atoms with E-state index < -0.39 is 0 Å². The third-order valence-electron chi connectivity index (χ3n) is 2.72. The van der Waals surface area contributed by atoms with Crippen LogP contribution in [0, 0.1) is 6.92 Å². The molecule has 2 N–H and O–H groups in total. The highest BCUT2D eigenvalue weighted by Gasteiger charge is 2.08. The normalized spacial score (nSPS) is 12.9. The fourth-order valence-electron chi connectivity index (χ4n) is 1.58. The van der Waals surface area contributed by atoms with Crippen LogP contribution < -0.4 is 5.73 Å². The number of rotatable bonds is 4. The third kappa shape index (κ3) is 2.14. The van der Waals surface area contributed by atoms with Gasteiger partial charge in [-0.1, -0.05) is 17.2 Å². The summed E-state index contributed by atoms with van der Waals surface area (Å²) in [6, 6.07) is 2.15. The number of hydrogen-bond donors (Lipinski definition) is 1. The van der Waals surface area contributed by atoms with E-state index in [1.807, 2.05) is 30.0 Å². The van der Waals surface area contributed by atoms with Gasteiger partial charge in [0.05, 0.1) is 6.54 Å². The van der Waals surface area contributed by atoms with E-state index in [9.17, 15) is 0 Å². The van der Waals surface area contributed by atoms with E-state index in [0.717, 1.165) is 23.4 Å². The molecule has 1 unspecified atom stereocenters. The van der Waals surface area contributed by atoms with Crippen LogP contribution in [0.25, 0.3) is 0 Å². The molecule has 0 aliphatic heterocycles. The first-order valence-corrected chi connectivity index (χ1v) is 5.40. The monoisotopic (exact) mass is 220 g/mol. The molecular formula is C11H16N4O. The first kappa shape index (κ1) is 10.9. The Balaban J connectivity index is 2.11. The Kier molecular flexibility index (Phi) is 3.05. The van der Waals surface area contributed by atoms with Gasteiger partial charge in [0.1, 0.15) is 11.4 Å². The Morgan fingerprint density at radius 1 is 1.50 bits per heavy atom. The molecule has 2 aromatic rings. The molecule has 0 spiro atoms. The van der Waals surface area contributed by atoms with Crippen molar-refractivity contribution in [2.24, 2.45) is 5.73 Å². The SMILES string of the molecule is CCC(N)c1ccn(Cc2nonc2C)c1. The van der Waals surface area contributed by atoms with E-state index in [4.69, 9.17) is 5.73 Å². The summed E-state index contributed by atoms with van der Waals surface area (Å²) in [5.41, 5.74) is 8.78. The first-order chi connectivity index (χ1) is 7.70. The van der Waals surface area contributed by atoms with Crippen LogP contribution in [0.2, 0.25) is 0 Å². The lowest BCUT2D eigenvalue weighted by Gasteiger charge is -2.05. The second kappa shape index (κ2) is 4.49. The maximum atomic E-state index is 5.95. The Labute approximate surface area is 94.2 Å². The molecule has 2 heterocycles. The van der Waals surface area contributed by atoms with Crippen LogP contribution in [0.5, 0.6) is 0 Å². The van der Waals surface area contributed by atoms with Gasteiger partial charge in [0.25, 0.3) is 0 Å². The predicted octanol–water partition coefficient (Wildman–Crippen LogP) is 1.64. The molecule has 16 heavy (non-hydrogen) atoms. The van der Waals surface area contributed by atoms with Gasteiger partial charge in [0.15, 0.2) is 0 Å². The molecule has 5 heteroatoms. The van der Waals surface area contributed by atoms with Crippen LogP contribution in [0.15, 0.2) is 23.1 Å². The van der Waals surface area contributed by atoms with Gasteiger partial charge in [0.2, 0.25) is 0 Å². The molecule has 0 saturated heterocycles. The van der Waals surface area contributed by atoms with Gasteiger partial charge in [-0.3, -0.25) is 0 Å². The highest BCUT2D eigenvalue weighted by molar-refractivity contribution is 5.16. The van der Waals surface area contributed by atoms with Crippen molar-refractivity contribution in [3.05, 3.63) is 35.4 Å². The number of nitrogens with zero attached hydrogens (tertiary/aromatic N) is 3. The largest absolute Gasteiger partial charge is 0.348 e. The van der Waals surface area contributed by atoms with Crippen molar-refractivity contribution < 1.29 is 4.63 Å². The average molecular weight is 220 g/mol. The zero-order valence-corrected chi connectivity index (χ0v) is 9.55. The molecule has 86 valence electrons. The minimum Gasteiger partial charge on any atom is -0.348 e. The highest BCUT2D eigenvalue weighted by atomic mass is 16.6. The predicted molar refractivity (Wildman–Crippen MR) is 59.8 cm³/mol. The number of hydrogen-bond acceptors (Lipinski definition) is 4. The van der Waals surface area contributed by atoms with E-state index in [-0.39, 0.29) is 6.04 Å². The number of nitrogens with two attached hydrogens (primary N) is 1. The van der Waals surface area contributed by atoms with Crippen molar-refractivity contribution in [1.82, 2.24) is 14.9 Å². The van der Waals surface area contributed by atoms with Crippen molar-refractivity contribution in [3.8, 4) is 0 Å². The molecule has 1 atom stereocenters. The molecule has 0 fully saturated rings. The summed E-state index contributed by atoms with van der Waals surface area (Å²) in [6.07, 6.45) is 4.98. The summed E-state index contributed by atoms with van der Waals surface area (Å²) < 4.78 is 6.69. The summed E-state index contributed by atoms with van der Waals surface area (Å²) in [5, 5.41) is 7.59. The maximum absolute atomic E-state index is 5.95. The smallest absolute Gasteiger partial charge is 0.127 e. The fourth-order valence-corrected chi connectivity index (χ4v) is 1.58. The van der Waals surface area contributed by atoms with Crippen molar-refractivity contribution in [2.75, 3.05) is 0 Å². The van der Waals surface area contributed by atoms with Gasteiger partial charge in [-0.25, -0.2) is 4.63 Å². The topological polar surface area (TPSA) is 69.9 Å². The Hall–Kier alpha value is -1.62. The second-order valence-corrected chi connectivity index (χ2v) is 3.93. The van der Waals surface area contributed by atoms with Gasteiger partial charge in [0, 0.05) is 18.4 Å². The van der Waals surface area contributed by atoms with E-state index >= 15 is 0 Å². The van der Waals surface area contributed by atoms with Crippen molar-refractivity contribution in [2.45, 2.75) is 32.9 Å². The number of aromatic nitrogens is 3. The van der Waals surface area contributed by atoms with Gasteiger partial charge in [-0.05, 0) is 25.0 Å². The maximum Gasteiger partial charge on any atom is 0.127 e. The quantitative estimate of drug-likeness (QED) is 0.850. The summed E-state index contributed by atoms with van der Waals surface area (Å²) in [5.74, 6) is 0. The molecule has 0 aliphatic rings. The third-order valence-corrected chi connectivity index (χ3v) is 2.72. The van der Waals surface area contributed by atoms with Crippen molar-refractivity contribution >= 4 is 0 Å². The standard InChI is InChI=1S/C11H16N4O/c1-3-10(12)9-4-5-15(6-9)7-11-8(2)13-16-14-11/h4-6,10H,3,7,12H2,1-2H3. The lowest BCUT2D eigenvalue weighted by Crippen LogP contribution is -2.07. The molecule has 0 aromatic carbocycles. The van der Waals surface area contributed by atoms with Crippen molar-refractivity contribution in [3.63, 3.8) is 0 Å². The molecule has 0 radical (unpaired) electrons. The first-order valence-electron chi connectivity index (χ1n) is 5.40. The molecular weight excluding hydrogens is 204 g/mol. The van der Waals surface area contributed by atoms with Crippen LogP contribution in [0.4, 0.5) is 0 Å².